The van der Waals surface area contributed by atoms with E-state index >= 15 is 0 Å². The van der Waals surface area contributed by atoms with Gasteiger partial charge in [0.1, 0.15) is 5.60 Å². The number of likely N-dealkylation sites (N-methyl/N-ethyl adjacent to an activating group) is 1. The molecular weight excluding hydrogens is 240 g/mol. The third kappa shape index (κ3) is 5.17. The van der Waals surface area contributed by atoms with Gasteiger partial charge in [-0.25, -0.2) is 0 Å². The fourth-order valence-corrected chi connectivity index (χ4v) is 2.65. The van der Waals surface area contributed by atoms with Crippen LogP contribution in [0.25, 0.3) is 0 Å². The summed E-state index contributed by atoms with van der Waals surface area (Å²) in [6, 6.07) is 0. The molecule has 0 aromatic heterocycles. The Morgan fingerprint density at radius 1 is 1.32 bits per heavy atom. The summed E-state index contributed by atoms with van der Waals surface area (Å²) in [4.78, 5) is 15.3. The monoisotopic (exact) mass is 266 g/mol. The van der Waals surface area contributed by atoms with E-state index in [-0.39, 0.29) is 5.60 Å². The van der Waals surface area contributed by atoms with E-state index in [1.807, 2.05) is 19.2 Å². The molecule has 0 unspecified atom stereocenters. The summed E-state index contributed by atoms with van der Waals surface area (Å²) in [7, 11) is 2.03. The van der Waals surface area contributed by atoms with Crippen LogP contribution in [0, 0.1) is 0 Å². The van der Waals surface area contributed by atoms with E-state index in [0.29, 0.717) is 6.47 Å². The fraction of sp³-hybridized carbons (Fsp3) is 0.667. The van der Waals surface area contributed by atoms with Crippen molar-refractivity contribution < 1.29 is 9.53 Å². The molecule has 1 aliphatic heterocycles. The first-order valence-corrected chi connectivity index (χ1v) is 6.90. The Morgan fingerprint density at radius 3 is 2.53 bits per heavy atom. The van der Waals surface area contributed by atoms with E-state index in [2.05, 4.69) is 23.0 Å². The summed E-state index contributed by atoms with van der Waals surface area (Å²) >= 11 is 0. The number of ether oxygens (including phenoxy) is 1. The largest absolute Gasteiger partial charge is 0.460 e. The summed E-state index contributed by atoms with van der Waals surface area (Å²) < 4.78 is 5.44. The quantitative estimate of drug-likeness (QED) is 0.470. The molecule has 0 spiro atoms. The number of rotatable bonds is 9. The van der Waals surface area contributed by atoms with Gasteiger partial charge in [0.2, 0.25) is 0 Å². The van der Waals surface area contributed by atoms with Crippen LogP contribution in [0.2, 0.25) is 0 Å². The first kappa shape index (κ1) is 15.9. The van der Waals surface area contributed by atoms with Gasteiger partial charge in [-0.2, -0.15) is 0 Å². The smallest absolute Gasteiger partial charge is 0.293 e. The van der Waals surface area contributed by atoms with Crippen molar-refractivity contribution >= 4 is 6.47 Å². The average molecular weight is 266 g/mol. The van der Waals surface area contributed by atoms with Crippen LogP contribution < -0.4 is 0 Å². The third-order valence-electron chi connectivity index (χ3n) is 3.71. The molecule has 4 heteroatoms. The second kappa shape index (κ2) is 8.12. The van der Waals surface area contributed by atoms with Gasteiger partial charge in [-0.15, -0.1) is 13.2 Å². The highest BCUT2D eigenvalue weighted by atomic mass is 16.5. The van der Waals surface area contributed by atoms with Gasteiger partial charge in [-0.3, -0.25) is 9.69 Å². The molecule has 0 atom stereocenters. The lowest BCUT2D eigenvalue weighted by atomic mass is 9.90. The number of hydrogen-bond acceptors (Lipinski definition) is 4. The normalized spacial score (nSPS) is 19.1. The van der Waals surface area contributed by atoms with Gasteiger partial charge in [0.15, 0.2) is 0 Å². The zero-order chi connectivity index (χ0) is 14.1. The predicted octanol–water partition coefficient (Wildman–Crippen LogP) is 1.69. The molecular formula is C15H26N2O2. The molecule has 4 nitrogen and oxygen atoms in total. The van der Waals surface area contributed by atoms with Gasteiger partial charge in [0, 0.05) is 45.6 Å². The van der Waals surface area contributed by atoms with E-state index in [9.17, 15) is 4.79 Å². The highest BCUT2D eigenvalue weighted by Gasteiger charge is 2.37. The lowest BCUT2D eigenvalue weighted by molar-refractivity contribution is -0.151. The second-order valence-electron chi connectivity index (χ2n) is 5.30. The van der Waals surface area contributed by atoms with Gasteiger partial charge >= 0.3 is 0 Å². The van der Waals surface area contributed by atoms with Crippen molar-refractivity contribution in [1.82, 2.24) is 9.80 Å². The number of carbonyl (C=O) groups excluding carboxylic acids is 1. The number of piperidine rings is 1. The predicted molar refractivity (Wildman–Crippen MR) is 78.1 cm³/mol. The molecule has 19 heavy (non-hydrogen) atoms. The molecule has 1 saturated heterocycles. The molecule has 0 aromatic rings. The highest BCUT2D eigenvalue weighted by molar-refractivity contribution is 5.38. The van der Waals surface area contributed by atoms with E-state index < -0.39 is 0 Å². The van der Waals surface area contributed by atoms with E-state index in [0.717, 1.165) is 52.0 Å². The molecule has 108 valence electrons. The van der Waals surface area contributed by atoms with E-state index in [1.165, 1.54) is 0 Å². The fourth-order valence-electron chi connectivity index (χ4n) is 2.65. The molecule has 0 N–H and O–H groups in total. The first-order chi connectivity index (χ1) is 9.15. The van der Waals surface area contributed by atoms with Crippen LogP contribution in [0.1, 0.15) is 19.3 Å². The average Bonchev–Trinajstić information content (AvgIpc) is 2.39. The van der Waals surface area contributed by atoms with Gasteiger partial charge < -0.3 is 9.64 Å². The van der Waals surface area contributed by atoms with Crippen LogP contribution in [-0.2, 0) is 9.53 Å². The molecule has 0 saturated carbocycles. The number of carbonyl (C=O) groups is 1. The minimum absolute atomic E-state index is 0.329. The van der Waals surface area contributed by atoms with Crippen LogP contribution in [0.15, 0.2) is 25.3 Å². The maximum Gasteiger partial charge on any atom is 0.293 e. The van der Waals surface area contributed by atoms with Crippen molar-refractivity contribution in [3.63, 3.8) is 0 Å². The standard InChI is InChI=1S/C15H26N2O2/c1-4-6-10-17-11-7-15(8-12-17,19-14-18)13-16(3)9-5-2/h4-5,14H,1-2,6-13H2,3H3. The first-order valence-electron chi connectivity index (χ1n) is 6.90. The third-order valence-corrected chi connectivity index (χ3v) is 3.71. The molecule has 1 heterocycles. The molecule has 0 radical (unpaired) electrons. The summed E-state index contributed by atoms with van der Waals surface area (Å²) in [5.41, 5.74) is -0.329. The number of hydrogen-bond donors (Lipinski definition) is 0. The summed E-state index contributed by atoms with van der Waals surface area (Å²) in [6.07, 6.45) is 6.61. The van der Waals surface area contributed by atoms with Crippen molar-refractivity contribution in [3.05, 3.63) is 25.3 Å². The Labute approximate surface area is 116 Å². The van der Waals surface area contributed by atoms with Crippen molar-refractivity contribution in [1.29, 1.82) is 0 Å². The SMILES string of the molecule is C=CCCN1CCC(CN(C)CC=C)(OC=O)CC1. The van der Waals surface area contributed by atoms with E-state index in [4.69, 9.17) is 4.74 Å². The topological polar surface area (TPSA) is 32.8 Å². The highest BCUT2D eigenvalue weighted by Crippen LogP contribution is 2.27. The summed E-state index contributed by atoms with van der Waals surface area (Å²) in [5.74, 6) is 0. The second-order valence-corrected chi connectivity index (χ2v) is 5.30. The van der Waals surface area contributed by atoms with Gasteiger partial charge in [-0.05, 0) is 13.5 Å². The Balaban J connectivity index is 2.52. The van der Waals surface area contributed by atoms with E-state index in [1.54, 1.807) is 0 Å². The number of likely N-dealkylation sites (tertiary alicyclic amines) is 1. The summed E-state index contributed by atoms with van der Waals surface area (Å²) in [5, 5.41) is 0. The molecule has 0 aliphatic carbocycles. The van der Waals surface area contributed by atoms with Crippen LogP contribution in [0.3, 0.4) is 0 Å². The summed E-state index contributed by atoms with van der Waals surface area (Å²) in [6.45, 7) is 12.7. The number of nitrogens with zero attached hydrogens (tertiary/aromatic N) is 2. The zero-order valence-electron chi connectivity index (χ0n) is 12.0. The maximum atomic E-state index is 10.8. The van der Waals surface area contributed by atoms with Crippen molar-refractivity contribution in [2.45, 2.75) is 24.9 Å². The Bertz CT molecular complexity index is 297. The lowest BCUT2D eigenvalue weighted by Crippen LogP contribution is -2.52. The van der Waals surface area contributed by atoms with Gasteiger partial charge in [-0.1, -0.05) is 12.2 Å². The van der Waals surface area contributed by atoms with Crippen molar-refractivity contribution in [2.24, 2.45) is 0 Å². The minimum atomic E-state index is -0.329. The van der Waals surface area contributed by atoms with Crippen molar-refractivity contribution in [2.75, 3.05) is 39.8 Å². The van der Waals surface area contributed by atoms with Crippen molar-refractivity contribution in [3.8, 4) is 0 Å². The molecule has 1 rings (SSSR count). The Morgan fingerprint density at radius 2 is 2.00 bits per heavy atom. The van der Waals surface area contributed by atoms with Crippen LogP contribution >= 0.6 is 0 Å². The molecule has 0 amide bonds. The molecule has 0 aromatic carbocycles. The van der Waals surface area contributed by atoms with Crippen LogP contribution in [0.4, 0.5) is 0 Å². The maximum absolute atomic E-state index is 10.8. The Hall–Kier alpha value is -1.13. The molecule has 1 aliphatic rings. The lowest BCUT2D eigenvalue weighted by Gasteiger charge is -2.42. The van der Waals surface area contributed by atoms with Gasteiger partial charge in [0.25, 0.3) is 6.47 Å². The van der Waals surface area contributed by atoms with Crippen LogP contribution in [0.5, 0.6) is 0 Å². The molecule has 1 fully saturated rings. The Kier molecular flexibility index (Phi) is 6.81. The zero-order valence-corrected chi connectivity index (χ0v) is 12.0. The van der Waals surface area contributed by atoms with Crippen LogP contribution in [-0.4, -0.2) is 61.6 Å². The molecule has 0 bridgehead atoms. The van der Waals surface area contributed by atoms with Gasteiger partial charge in [0.05, 0.1) is 0 Å². The minimum Gasteiger partial charge on any atom is -0.460 e.